The Morgan fingerprint density at radius 1 is 1.33 bits per heavy atom. The van der Waals surface area contributed by atoms with Gasteiger partial charge in [-0.1, -0.05) is 19.1 Å². The summed E-state index contributed by atoms with van der Waals surface area (Å²) in [6, 6.07) is 0. The van der Waals surface area contributed by atoms with Gasteiger partial charge in [-0.05, 0) is 12.8 Å². The Kier molecular flexibility index (Phi) is 3.96. The van der Waals surface area contributed by atoms with Crippen molar-refractivity contribution in [2.45, 2.75) is 33.9 Å². The van der Waals surface area contributed by atoms with Gasteiger partial charge >= 0.3 is 0 Å². The van der Waals surface area contributed by atoms with E-state index in [0.29, 0.717) is 5.92 Å². The van der Waals surface area contributed by atoms with Crippen LogP contribution in [0, 0.1) is 12.8 Å². The third-order valence-corrected chi connectivity index (χ3v) is 2.61. The van der Waals surface area contributed by atoms with Gasteiger partial charge in [0, 0.05) is 25.5 Å². The predicted octanol–water partition coefficient (Wildman–Crippen LogP) is 1.55. The molecule has 0 fully saturated rings. The first-order valence-corrected chi connectivity index (χ1v) is 6.27. The number of hydrogen-bond acceptors (Lipinski definition) is 4. The van der Waals surface area contributed by atoms with Gasteiger partial charge in [0.05, 0.1) is 18.4 Å². The van der Waals surface area contributed by atoms with E-state index >= 15 is 0 Å². The lowest BCUT2D eigenvalue weighted by Crippen LogP contribution is -2.14. The molecule has 2 aromatic heterocycles. The van der Waals surface area contributed by atoms with Crippen LogP contribution in [0.15, 0.2) is 18.6 Å². The number of rotatable bonds is 6. The molecule has 0 aliphatic carbocycles. The van der Waals surface area contributed by atoms with Crippen LogP contribution in [0.3, 0.4) is 0 Å². The molecule has 0 saturated carbocycles. The summed E-state index contributed by atoms with van der Waals surface area (Å²) in [7, 11) is 0. The SMILES string of the molecule is Cc1cn(CCn2ccnn2)c(NCC(C)C)n1. The smallest absolute Gasteiger partial charge is 0.203 e. The molecule has 0 saturated heterocycles. The number of aryl methyl sites for hydroxylation is 3. The second-order valence-electron chi connectivity index (χ2n) is 4.84. The van der Waals surface area contributed by atoms with E-state index in [9.17, 15) is 0 Å². The highest BCUT2D eigenvalue weighted by molar-refractivity contribution is 5.28. The van der Waals surface area contributed by atoms with Gasteiger partial charge in [-0.2, -0.15) is 0 Å². The van der Waals surface area contributed by atoms with Crippen LogP contribution in [0.5, 0.6) is 0 Å². The Hall–Kier alpha value is -1.85. The van der Waals surface area contributed by atoms with E-state index in [0.717, 1.165) is 31.3 Å². The Bertz CT molecular complexity index is 471. The van der Waals surface area contributed by atoms with E-state index in [1.54, 1.807) is 6.20 Å². The van der Waals surface area contributed by atoms with Gasteiger partial charge in [-0.15, -0.1) is 5.10 Å². The maximum atomic E-state index is 4.49. The monoisotopic (exact) mass is 248 g/mol. The molecular formula is C12H20N6. The molecule has 2 rings (SSSR count). The Morgan fingerprint density at radius 2 is 2.17 bits per heavy atom. The van der Waals surface area contributed by atoms with Crippen molar-refractivity contribution in [2.75, 3.05) is 11.9 Å². The second-order valence-corrected chi connectivity index (χ2v) is 4.84. The molecule has 18 heavy (non-hydrogen) atoms. The van der Waals surface area contributed by atoms with Gasteiger partial charge in [-0.3, -0.25) is 4.68 Å². The minimum Gasteiger partial charge on any atom is -0.355 e. The Morgan fingerprint density at radius 3 is 2.83 bits per heavy atom. The summed E-state index contributed by atoms with van der Waals surface area (Å²) in [6.45, 7) is 8.94. The average molecular weight is 248 g/mol. The molecule has 0 unspecified atom stereocenters. The highest BCUT2D eigenvalue weighted by Gasteiger charge is 2.06. The molecule has 0 aliphatic heterocycles. The molecule has 6 heteroatoms. The molecule has 0 bridgehead atoms. The average Bonchev–Trinajstić information content (AvgIpc) is 2.92. The number of nitrogens with zero attached hydrogens (tertiary/aromatic N) is 5. The minimum atomic E-state index is 0.603. The zero-order valence-electron chi connectivity index (χ0n) is 11.2. The van der Waals surface area contributed by atoms with E-state index in [-0.39, 0.29) is 0 Å². The fourth-order valence-corrected chi connectivity index (χ4v) is 1.72. The quantitative estimate of drug-likeness (QED) is 0.842. The summed E-state index contributed by atoms with van der Waals surface area (Å²) in [4.78, 5) is 4.49. The lowest BCUT2D eigenvalue weighted by atomic mass is 10.2. The predicted molar refractivity (Wildman–Crippen MR) is 70.3 cm³/mol. The van der Waals surface area contributed by atoms with Gasteiger partial charge in [0.1, 0.15) is 0 Å². The van der Waals surface area contributed by atoms with Crippen LogP contribution >= 0.6 is 0 Å². The van der Waals surface area contributed by atoms with Gasteiger partial charge < -0.3 is 9.88 Å². The summed E-state index contributed by atoms with van der Waals surface area (Å²) in [5.74, 6) is 1.53. The van der Waals surface area contributed by atoms with Crippen LogP contribution < -0.4 is 5.32 Å². The summed E-state index contributed by atoms with van der Waals surface area (Å²) in [6.07, 6.45) is 5.61. The number of nitrogens with one attached hydrogen (secondary N) is 1. The fraction of sp³-hybridized carbons (Fsp3) is 0.583. The van der Waals surface area contributed by atoms with Crippen LogP contribution in [0.2, 0.25) is 0 Å². The maximum Gasteiger partial charge on any atom is 0.203 e. The van der Waals surface area contributed by atoms with E-state index in [1.165, 1.54) is 0 Å². The van der Waals surface area contributed by atoms with Crippen molar-refractivity contribution in [2.24, 2.45) is 5.92 Å². The molecule has 2 aromatic rings. The zero-order chi connectivity index (χ0) is 13.0. The Labute approximate surface area is 107 Å². The van der Waals surface area contributed by atoms with Crippen molar-refractivity contribution >= 4 is 5.95 Å². The van der Waals surface area contributed by atoms with E-state index in [4.69, 9.17) is 0 Å². The van der Waals surface area contributed by atoms with Crippen molar-refractivity contribution in [3.63, 3.8) is 0 Å². The summed E-state index contributed by atoms with van der Waals surface area (Å²) in [5, 5.41) is 11.1. The van der Waals surface area contributed by atoms with Crippen LogP contribution in [0.4, 0.5) is 5.95 Å². The van der Waals surface area contributed by atoms with E-state index in [1.807, 2.05) is 17.8 Å². The Balaban J connectivity index is 1.98. The second kappa shape index (κ2) is 5.66. The van der Waals surface area contributed by atoms with Crippen LogP contribution in [0.25, 0.3) is 0 Å². The van der Waals surface area contributed by atoms with Crippen LogP contribution in [-0.2, 0) is 13.1 Å². The summed E-state index contributed by atoms with van der Waals surface area (Å²) in [5.41, 5.74) is 1.03. The molecule has 0 radical (unpaired) electrons. The topological polar surface area (TPSA) is 60.6 Å². The molecule has 98 valence electrons. The van der Waals surface area contributed by atoms with Gasteiger partial charge in [-0.25, -0.2) is 4.98 Å². The largest absolute Gasteiger partial charge is 0.355 e. The third kappa shape index (κ3) is 3.32. The van der Waals surface area contributed by atoms with E-state index in [2.05, 4.69) is 45.2 Å². The van der Waals surface area contributed by atoms with Crippen molar-refractivity contribution in [3.05, 3.63) is 24.3 Å². The van der Waals surface area contributed by atoms with Crippen molar-refractivity contribution < 1.29 is 0 Å². The fourth-order valence-electron chi connectivity index (χ4n) is 1.72. The maximum absolute atomic E-state index is 4.49. The summed E-state index contributed by atoms with van der Waals surface area (Å²) < 4.78 is 3.95. The minimum absolute atomic E-state index is 0.603. The molecule has 1 N–H and O–H groups in total. The van der Waals surface area contributed by atoms with Crippen molar-refractivity contribution in [3.8, 4) is 0 Å². The molecule has 0 aromatic carbocycles. The molecule has 2 heterocycles. The highest BCUT2D eigenvalue weighted by atomic mass is 15.4. The lowest BCUT2D eigenvalue weighted by Gasteiger charge is -2.11. The van der Waals surface area contributed by atoms with Crippen LogP contribution in [0.1, 0.15) is 19.5 Å². The molecule has 0 spiro atoms. The third-order valence-electron chi connectivity index (χ3n) is 2.61. The molecular weight excluding hydrogens is 228 g/mol. The van der Waals surface area contributed by atoms with E-state index < -0.39 is 0 Å². The lowest BCUT2D eigenvalue weighted by molar-refractivity contribution is 0.520. The van der Waals surface area contributed by atoms with Gasteiger partial charge in [0.15, 0.2) is 0 Å². The highest BCUT2D eigenvalue weighted by Crippen LogP contribution is 2.09. The van der Waals surface area contributed by atoms with Gasteiger partial charge in [0.2, 0.25) is 5.95 Å². The van der Waals surface area contributed by atoms with Gasteiger partial charge in [0.25, 0.3) is 0 Å². The molecule has 6 nitrogen and oxygen atoms in total. The molecule has 0 aliphatic rings. The zero-order valence-corrected chi connectivity index (χ0v) is 11.2. The summed E-state index contributed by atoms with van der Waals surface area (Å²) >= 11 is 0. The van der Waals surface area contributed by atoms with Crippen molar-refractivity contribution in [1.29, 1.82) is 0 Å². The molecule has 0 atom stereocenters. The molecule has 0 amide bonds. The number of hydrogen-bond donors (Lipinski definition) is 1. The number of imidazole rings is 1. The number of aromatic nitrogens is 5. The first-order chi connectivity index (χ1) is 8.65. The first kappa shape index (κ1) is 12.6. The first-order valence-electron chi connectivity index (χ1n) is 6.27. The van der Waals surface area contributed by atoms with Crippen molar-refractivity contribution in [1.82, 2.24) is 24.5 Å². The number of anilines is 1. The standard InChI is InChI=1S/C12H20N6/c1-10(2)8-13-12-15-11(3)9-17(12)6-7-18-5-4-14-16-18/h4-5,9-10H,6-8H2,1-3H3,(H,13,15). The van der Waals surface area contributed by atoms with Crippen LogP contribution in [-0.4, -0.2) is 31.1 Å². The normalized spacial score (nSPS) is 11.1.